The van der Waals surface area contributed by atoms with E-state index in [4.69, 9.17) is 10.2 Å². The van der Waals surface area contributed by atoms with E-state index in [2.05, 4.69) is 4.98 Å². The summed E-state index contributed by atoms with van der Waals surface area (Å²) in [6, 6.07) is 11.9. The van der Waals surface area contributed by atoms with Gasteiger partial charge in [-0.1, -0.05) is 24.3 Å². The molecule has 0 aliphatic rings. The lowest BCUT2D eigenvalue weighted by Crippen LogP contribution is -1.95. The zero-order chi connectivity index (χ0) is 12.4. The number of aromatic nitrogens is 1. The van der Waals surface area contributed by atoms with Gasteiger partial charge in [-0.25, -0.2) is 4.98 Å². The number of nitrogens with zero attached hydrogens (tertiary/aromatic N) is 1. The van der Waals surface area contributed by atoms with Gasteiger partial charge in [0.25, 0.3) is 0 Å². The van der Waals surface area contributed by atoms with Gasteiger partial charge in [0.2, 0.25) is 0 Å². The first-order valence-electron chi connectivity index (χ1n) is 5.65. The van der Waals surface area contributed by atoms with Crippen LogP contribution in [0, 0.1) is 0 Å². The molecule has 4 heteroatoms. The van der Waals surface area contributed by atoms with E-state index in [-0.39, 0.29) is 0 Å². The molecule has 3 nitrogen and oxygen atoms in total. The van der Waals surface area contributed by atoms with Crippen LogP contribution in [0.25, 0.3) is 22.0 Å². The second-order valence-electron chi connectivity index (χ2n) is 3.92. The van der Waals surface area contributed by atoms with E-state index in [0.29, 0.717) is 6.54 Å². The summed E-state index contributed by atoms with van der Waals surface area (Å²) in [4.78, 5) is 4.57. The van der Waals surface area contributed by atoms with Crippen LogP contribution in [0.4, 0.5) is 0 Å². The lowest BCUT2D eigenvalue weighted by molar-refractivity contribution is 0.582. The molecule has 0 saturated heterocycles. The van der Waals surface area contributed by atoms with E-state index in [9.17, 15) is 0 Å². The number of hydrogen-bond acceptors (Lipinski definition) is 4. The molecule has 90 valence electrons. The average molecular weight is 256 g/mol. The Bertz CT molecular complexity index is 626. The summed E-state index contributed by atoms with van der Waals surface area (Å²) in [6.45, 7) is 0.564. The fraction of sp³-hybridized carbons (Fsp3) is 0.0714. The third-order valence-electron chi connectivity index (χ3n) is 2.72. The summed E-state index contributed by atoms with van der Waals surface area (Å²) in [6.07, 6.45) is 1.66. The summed E-state index contributed by atoms with van der Waals surface area (Å²) < 4.78 is 5.34. The molecule has 2 heterocycles. The van der Waals surface area contributed by atoms with Crippen LogP contribution in [0.5, 0.6) is 0 Å². The molecule has 0 aliphatic carbocycles. The minimum Gasteiger partial charge on any atom is -0.462 e. The second-order valence-corrected chi connectivity index (χ2v) is 4.77. The Morgan fingerprint density at radius 3 is 2.67 bits per heavy atom. The van der Waals surface area contributed by atoms with Crippen LogP contribution in [0.2, 0.25) is 0 Å². The highest BCUT2D eigenvalue weighted by atomic mass is 32.1. The molecule has 0 fully saturated rings. The van der Waals surface area contributed by atoms with Crippen molar-refractivity contribution in [3.05, 3.63) is 53.6 Å². The molecule has 0 amide bonds. The van der Waals surface area contributed by atoms with Crippen molar-refractivity contribution in [2.24, 2.45) is 5.73 Å². The SMILES string of the molecule is NCc1ccc(-c2csc(-c3ccco3)n2)cc1. The molecule has 0 aliphatic heterocycles. The number of benzene rings is 1. The van der Waals surface area contributed by atoms with Gasteiger partial charge < -0.3 is 10.2 Å². The maximum Gasteiger partial charge on any atom is 0.162 e. The van der Waals surface area contributed by atoms with Crippen molar-refractivity contribution in [3.8, 4) is 22.0 Å². The predicted molar refractivity (Wildman–Crippen MR) is 73.1 cm³/mol. The van der Waals surface area contributed by atoms with E-state index in [1.54, 1.807) is 17.6 Å². The largest absolute Gasteiger partial charge is 0.462 e. The number of furan rings is 1. The highest BCUT2D eigenvalue weighted by Gasteiger charge is 2.08. The minimum absolute atomic E-state index is 0.564. The first-order valence-corrected chi connectivity index (χ1v) is 6.53. The normalized spacial score (nSPS) is 10.7. The van der Waals surface area contributed by atoms with Crippen LogP contribution in [0.3, 0.4) is 0 Å². The van der Waals surface area contributed by atoms with Crippen molar-refractivity contribution in [2.45, 2.75) is 6.54 Å². The Balaban J connectivity index is 1.92. The maximum atomic E-state index is 5.58. The molecule has 0 spiro atoms. The molecular weight excluding hydrogens is 244 g/mol. The summed E-state index contributed by atoms with van der Waals surface area (Å²) in [5.74, 6) is 0.810. The van der Waals surface area contributed by atoms with Gasteiger partial charge >= 0.3 is 0 Å². The minimum atomic E-state index is 0.564. The van der Waals surface area contributed by atoms with Gasteiger partial charge in [-0.2, -0.15) is 0 Å². The first kappa shape index (κ1) is 11.2. The van der Waals surface area contributed by atoms with E-state index in [1.165, 1.54) is 0 Å². The molecule has 0 unspecified atom stereocenters. The predicted octanol–water partition coefficient (Wildman–Crippen LogP) is 3.53. The summed E-state index contributed by atoms with van der Waals surface area (Å²) >= 11 is 1.58. The molecule has 0 radical (unpaired) electrons. The summed E-state index contributed by atoms with van der Waals surface area (Å²) in [5.41, 5.74) is 8.77. The van der Waals surface area contributed by atoms with Crippen LogP contribution in [0.1, 0.15) is 5.56 Å². The number of hydrogen-bond donors (Lipinski definition) is 1. The van der Waals surface area contributed by atoms with Gasteiger partial charge in [-0.05, 0) is 17.7 Å². The molecule has 0 atom stereocenters. The lowest BCUT2D eigenvalue weighted by atomic mass is 10.1. The monoisotopic (exact) mass is 256 g/mol. The van der Waals surface area contributed by atoms with Gasteiger partial charge in [0.15, 0.2) is 10.8 Å². The Morgan fingerprint density at radius 2 is 2.00 bits per heavy atom. The van der Waals surface area contributed by atoms with Crippen LogP contribution < -0.4 is 5.73 Å². The van der Waals surface area contributed by atoms with Gasteiger partial charge in [-0.15, -0.1) is 11.3 Å². The van der Waals surface area contributed by atoms with Gasteiger partial charge in [0.1, 0.15) is 0 Å². The number of nitrogens with two attached hydrogens (primary N) is 1. The molecule has 3 rings (SSSR count). The van der Waals surface area contributed by atoms with Crippen LogP contribution >= 0.6 is 11.3 Å². The van der Waals surface area contributed by atoms with E-state index in [1.807, 2.05) is 41.8 Å². The van der Waals surface area contributed by atoms with Crippen LogP contribution in [-0.2, 0) is 6.54 Å². The van der Waals surface area contributed by atoms with Crippen molar-refractivity contribution < 1.29 is 4.42 Å². The Morgan fingerprint density at radius 1 is 1.17 bits per heavy atom. The topological polar surface area (TPSA) is 52.0 Å². The van der Waals surface area contributed by atoms with Crippen molar-refractivity contribution in [2.75, 3.05) is 0 Å². The Kier molecular flexibility index (Phi) is 2.96. The fourth-order valence-corrected chi connectivity index (χ4v) is 2.53. The molecule has 1 aromatic carbocycles. The smallest absolute Gasteiger partial charge is 0.162 e. The zero-order valence-corrected chi connectivity index (χ0v) is 10.5. The average Bonchev–Trinajstić information content (AvgIpc) is 3.09. The van der Waals surface area contributed by atoms with E-state index >= 15 is 0 Å². The standard InChI is InChI=1S/C14H12N2OS/c15-8-10-3-5-11(6-4-10)12-9-18-14(16-12)13-2-1-7-17-13/h1-7,9H,8,15H2. The Hall–Kier alpha value is -1.91. The highest BCUT2D eigenvalue weighted by Crippen LogP contribution is 2.29. The summed E-state index contributed by atoms with van der Waals surface area (Å²) in [7, 11) is 0. The quantitative estimate of drug-likeness (QED) is 0.780. The third-order valence-corrected chi connectivity index (χ3v) is 3.58. The molecule has 3 aromatic rings. The van der Waals surface area contributed by atoms with Crippen molar-refractivity contribution >= 4 is 11.3 Å². The van der Waals surface area contributed by atoms with Crippen LogP contribution in [0.15, 0.2) is 52.5 Å². The van der Waals surface area contributed by atoms with Gasteiger partial charge in [0.05, 0.1) is 12.0 Å². The summed E-state index contributed by atoms with van der Waals surface area (Å²) in [5, 5.41) is 2.94. The third kappa shape index (κ3) is 2.08. The van der Waals surface area contributed by atoms with Crippen LogP contribution in [-0.4, -0.2) is 4.98 Å². The molecule has 18 heavy (non-hydrogen) atoms. The van der Waals surface area contributed by atoms with Crippen molar-refractivity contribution in [1.82, 2.24) is 4.98 Å². The second kappa shape index (κ2) is 4.76. The number of rotatable bonds is 3. The molecular formula is C14H12N2OS. The van der Waals surface area contributed by atoms with Crippen molar-refractivity contribution in [1.29, 1.82) is 0 Å². The molecule has 2 aromatic heterocycles. The first-order chi connectivity index (χ1) is 8.86. The van der Waals surface area contributed by atoms with Gasteiger partial charge in [-0.3, -0.25) is 0 Å². The lowest BCUT2D eigenvalue weighted by Gasteiger charge is -1.99. The Labute approximate surface area is 109 Å². The van der Waals surface area contributed by atoms with Gasteiger partial charge in [0, 0.05) is 17.5 Å². The molecule has 0 saturated carbocycles. The highest BCUT2D eigenvalue weighted by molar-refractivity contribution is 7.13. The fourth-order valence-electron chi connectivity index (χ4n) is 1.73. The van der Waals surface area contributed by atoms with E-state index in [0.717, 1.165) is 27.6 Å². The molecule has 0 bridgehead atoms. The van der Waals surface area contributed by atoms with Crippen molar-refractivity contribution in [3.63, 3.8) is 0 Å². The number of thiazole rings is 1. The molecule has 2 N–H and O–H groups in total. The maximum absolute atomic E-state index is 5.58. The van der Waals surface area contributed by atoms with E-state index < -0.39 is 0 Å². The zero-order valence-electron chi connectivity index (χ0n) is 9.67.